The summed E-state index contributed by atoms with van der Waals surface area (Å²) in [6.45, 7) is 0.247. The molecule has 0 aliphatic rings. The van der Waals surface area contributed by atoms with Gasteiger partial charge in [-0.25, -0.2) is 9.67 Å². The van der Waals surface area contributed by atoms with Crippen LogP contribution < -0.4 is 5.32 Å². The number of pyridine rings is 1. The van der Waals surface area contributed by atoms with Gasteiger partial charge in [0.1, 0.15) is 12.0 Å². The Labute approximate surface area is 182 Å². The zero-order valence-corrected chi connectivity index (χ0v) is 17.1. The molecule has 0 bridgehead atoms. The van der Waals surface area contributed by atoms with Crippen LogP contribution in [0.5, 0.6) is 0 Å². The molecule has 1 N–H and O–H groups in total. The highest BCUT2D eigenvalue weighted by molar-refractivity contribution is 7.13. The molecule has 5 aromatic rings. The number of amides is 1. The molecular formula is C23H17N5O2S. The highest BCUT2D eigenvalue weighted by Gasteiger charge is 2.19. The number of hydrogen-bond donors (Lipinski definition) is 1. The average molecular weight is 427 g/mol. The second-order valence-corrected chi connectivity index (χ2v) is 7.66. The number of carbonyl (C=O) groups is 1. The van der Waals surface area contributed by atoms with E-state index in [9.17, 15) is 4.79 Å². The van der Waals surface area contributed by atoms with Gasteiger partial charge in [-0.15, -0.1) is 11.3 Å². The molecule has 7 nitrogen and oxygen atoms in total. The summed E-state index contributed by atoms with van der Waals surface area (Å²) in [5.74, 6) is 0.300. The molecular weight excluding hydrogens is 410 g/mol. The van der Waals surface area contributed by atoms with E-state index >= 15 is 0 Å². The fourth-order valence-electron chi connectivity index (χ4n) is 3.14. The van der Waals surface area contributed by atoms with E-state index in [1.165, 1.54) is 0 Å². The number of para-hydroxylation sites is 1. The van der Waals surface area contributed by atoms with E-state index < -0.39 is 0 Å². The van der Waals surface area contributed by atoms with Crippen molar-refractivity contribution in [2.24, 2.45) is 0 Å². The molecule has 1 aromatic carbocycles. The third-order valence-corrected chi connectivity index (χ3v) is 5.49. The monoisotopic (exact) mass is 427 g/mol. The summed E-state index contributed by atoms with van der Waals surface area (Å²) in [7, 11) is 0. The lowest BCUT2D eigenvalue weighted by atomic mass is 10.1. The number of benzene rings is 1. The Kier molecular flexibility index (Phi) is 5.12. The second kappa shape index (κ2) is 8.37. The normalized spacial score (nSPS) is 10.8. The Morgan fingerprint density at radius 2 is 2.00 bits per heavy atom. The summed E-state index contributed by atoms with van der Waals surface area (Å²) in [5, 5.41) is 9.53. The van der Waals surface area contributed by atoms with Gasteiger partial charge in [-0.05, 0) is 35.7 Å². The van der Waals surface area contributed by atoms with Crippen LogP contribution in [0.2, 0.25) is 0 Å². The van der Waals surface area contributed by atoms with Crippen LogP contribution >= 0.6 is 11.3 Å². The molecule has 0 atom stereocenters. The standard InChI is InChI=1S/C23H17N5O2S/c29-22(25-13-17-15-30-23(26-17)20-9-5-11-31-20)19-14-28(18-7-2-1-3-8-18)27-21(19)16-6-4-10-24-12-16/h1-12,14-15H,13H2,(H,25,29). The number of nitrogens with zero attached hydrogens (tertiary/aromatic N) is 4. The summed E-state index contributed by atoms with van der Waals surface area (Å²) < 4.78 is 7.22. The fraction of sp³-hybridized carbons (Fsp3) is 0.0435. The molecule has 0 aliphatic heterocycles. The minimum atomic E-state index is -0.248. The minimum absolute atomic E-state index is 0.247. The molecule has 0 radical (unpaired) electrons. The van der Waals surface area contributed by atoms with Crippen molar-refractivity contribution in [3.63, 3.8) is 0 Å². The van der Waals surface area contributed by atoms with Crippen molar-refractivity contribution in [2.75, 3.05) is 0 Å². The molecule has 0 spiro atoms. The molecule has 0 saturated carbocycles. The van der Waals surface area contributed by atoms with Crippen LogP contribution in [0.15, 0.2) is 89.2 Å². The van der Waals surface area contributed by atoms with Crippen LogP contribution in [0.25, 0.3) is 27.7 Å². The maximum atomic E-state index is 13.1. The first-order valence-electron chi connectivity index (χ1n) is 9.60. The Hall–Kier alpha value is -4.04. The number of oxazole rings is 1. The summed E-state index contributed by atoms with van der Waals surface area (Å²) in [6, 6.07) is 17.2. The molecule has 4 aromatic heterocycles. The zero-order chi connectivity index (χ0) is 21.0. The SMILES string of the molecule is O=C(NCc1coc(-c2cccs2)n1)c1cn(-c2ccccc2)nc1-c1cccnc1. The van der Waals surface area contributed by atoms with Gasteiger partial charge < -0.3 is 9.73 Å². The van der Waals surface area contributed by atoms with Crippen molar-refractivity contribution in [3.05, 3.63) is 96.1 Å². The largest absolute Gasteiger partial charge is 0.443 e. The average Bonchev–Trinajstić information content (AvgIpc) is 3.59. The Balaban J connectivity index is 1.40. The first-order valence-corrected chi connectivity index (χ1v) is 10.5. The number of thiophene rings is 1. The summed E-state index contributed by atoms with van der Waals surface area (Å²) in [6.07, 6.45) is 6.67. The van der Waals surface area contributed by atoms with Crippen LogP contribution in [0.1, 0.15) is 16.1 Å². The van der Waals surface area contributed by atoms with Crippen molar-refractivity contribution >= 4 is 17.2 Å². The number of aromatic nitrogens is 4. The molecule has 0 unspecified atom stereocenters. The molecule has 5 rings (SSSR count). The quantitative estimate of drug-likeness (QED) is 0.429. The number of carbonyl (C=O) groups excluding carboxylic acids is 1. The van der Waals surface area contributed by atoms with E-state index in [-0.39, 0.29) is 12.5 Å². The van der Waals surface area contributed by atoms with E-state index in [1.807, 2.05) is 60.0 Å². The van der Waals surface area contributed by atoms with Gasteiger partial charge in [0.15, 0.2) is 0 Å². The topological polar surface area (TPSA) is 85.8 Å². The third-order valence-electron chi connectivity index (χ3n) is 4.63. The molecule has 0 saturated heterocycles. The molecule has 0 fully saturated rings. The van der Waals surface area contributed by atoms with Gasteiger partial charge >= 0.3 is 0 Å². The highest BCUT2D eigenvalue weighted by atomic mass is 32.1. The van der Waals surface area contributed by atoms with Crippen LogP contribution in [0, 0.1) is 0 Å². The maximum Gasteiger partial charge on any atom is 0.255 e. The summed E-state index contributed by atoms with van der Waals surface area (Å²) in [5.41, 5.74) is 3.30. The Bertz CT molecular complexity index is 1290. The van der Waals surface area contributed by atoms with E-state index in [4.69, 9.17) is 4.42 Å². The van der Waals surface area contributed by atoms with E-state index in [0.717, 1.165) is 16.1 Å². The van der Waals surface area contributed by atoms with Gasteiger partial charge in [-0.3, -0.25) is 9.78 Å². The van der Waals surface area contributed by atoms with Gasteiger partial charge in [0.25, 0.3) is 5.91 Å². The molecule has 152 valence electrons. The van der Waals surface area contributed by atoms with Crippen LogP contribution in [-0.2, 0) is 6.54 Å². The van der Waals surface area contributed by atoms with Crippen molar-refractivity contribution in [1.29, 1.82) is 0 Å². The van der Waals surface area contributed by atoms with Crippen molar-refractivity contribution in [2.45, 2.75) is 6.54 Å². The third kappa shape index (κ3) is 4.01. The number of nitrogens with one attached hydrogen (secondary N) is 1. The lowest BCUT2D eigenvalue weighted by Gasteiger charge is -2.03. The van der Waals surface area contributed by atoms with Gasteiger partial charge in [0.05, 0.1) is 28.4 Å². The van der Waals surface area contributed by atoms with Gasteiger partial charge in [0, 0.05) is 24.2 Å². The first kappa shape index (κ1) is 19.0. The lowest BCUT2D eigenvalue weighted by Crippen LogP contribution is -2.23. The van der Waals surface area contributed by atoms with Gasteiger partial charge in [0.2, 0.25) is 5.89 Å². The van der Waals surface area contributed by atoms with E-state index in [2.05, 4.69) is 20.4 Å². The predicted octanol–water partition coefficient (Wildman–Crippen LogP) is 4.58. The highest BCUT2D eigenvalue weighted by Crippen LogP contribution is 2.25. The number of rotatable bonds is 6. The molecule has 0 aliphatic carbocycles. The molecule has 8 heteroatoms. The van der Waals surface area contributed by atoms with Crippen molar-refractivity contribution < 1.29 is 9.21 Å². The first-order chi connectivity index (χ1) is 15.3. The van der Waals surface area contributed by atoms with E-state index in [1.54, 1.807) is 40.9 Å². The minimum Gasteiger partial charge on any atom is -0.443 e. The smallest absolute Gasteiger partial charge is 0.255 e. The Morgan fingerprint density at radius 1 is 1.10 bits per heavy atom. The van der Waals surface area contributed by atoms with Crippen LogP contribution in [0.3, 0.4) is 0 Å². The molecule has 1 amide bonds. The van der Waals surface area contributed by atoms with Gasteiger partial charge in [-0.1, -0.05) is 24.3 Å². The van der Waals surface area contributed by atoms with Crippen molar-refractivity contribution in [1.82, 2.24) is 25.1 Å². The maximum absolute atomic E-state index is 13.1. The van der Waals surface area contributed by atoms with E-state index in [0.29, 0.717) is 22.8 Å². The van der Waals surface area contributed by atoms with Gasteiger partial charge in [-0.2, -0.15) is 5.10 Å². The fourth-order valence-corrected chi connectivity index (χ4v) is 3.79. The predicted molar refractivity (Wildman–Crippen MR) is 118 cm³/mol. The van der Waals surface area contributed by atoms with Crippen molar-refractivity contribution in [3.8, 4) is 27.7 Å². The lowest BCUT2D eigenvalue weighted by molar-refractivity contribution is 0.0951. The Morgan fingerprint density at radius 3 is 2.77 bits per heavy atom. The summed E-state index contributed by atoms with van der Waals surface area (Å²) in [4.78, 5) is 22.6. The van der Waals surface area contributed by atoms with Crippen LogP contribution in [0.4, 0.5) is 0 Å². The number of hydrogen-bond acceptors (Lipinski definition) is 6. The molecule has 31 heavy (non-hydrogen) atoms. The molecule has 4 heterocycles. The summed E-state index contributed by atoms with van der Waals surface area (Å²) >= 11 is 1.55. The van der Waals surface area contributed by atoms with Crippen LogP contribution in [-0.4, -0.2) is 25.7 Å². The zero-order valence-electron chi connectivity index (χ0n) is 16.3. The second-order valence-electron chi connectivity index (χ2n) is 6.72.